The topological polar surface area (TPSA) is 52.2 Å². The second-order valence-electron chi connectivity index (χ2n) is 5.33. The summed E-state index contributed by atoms with van der Waals surface area (Å²) in [6, 6.07) is 15.7. The summed E-state index contributed by atoms with van der Waals surface area (Å²) in [5, 5.41) is 5.47. The first-order chi connectivity index (χ1) is 11.2. The Kier molecular flexibility index (Phi) is 3.46. The molecule has 0 bridgehead atoms. The highest BCUT2D eigenvalue weighted by Crippen LogP contribution is 2.12. The van der Waals surface area contributed by atoms with Gasteiger partial charge in [-0.1, -0.05) is 24.3 Å². The van der Waals surface area contributed by atoms with Gasteiger partial charge in [-0.25, -0.2) is 13.9 Å². The van der Waals surface area contributed by atoms with Crippen LogP contribution in [0.5, 0.6) is 0 Å². The lowest BCUT2D eigenvalue weighted by atomic mass is 10.2. The van der Waals surface area contributed by atoms with Crippen molar-refractivity contribution in [2.75, 3.05) is 0 Å². The molecule has 0 aliphatic carbocycles. The summed E-state index contributed by atoms with van der Waals surface area (Å²) < 4.78 is 3.87. The molecule has 0 N–H and O–H groups in total. The summed E-state index contributed by atoms with van der Waals surface area (Å²) in [6.45, 7) is 0.503. The van der Waals surface area contributed by atoms with Crippen LogP contribution in [0.2, 0.25) is 0 Å². The molecule has 0 saturated carbocycles. The van der Waals surface area contributed by atoms with Gasteiger partial charge in [0.2, 0.25) is 0 Å². The van der Waals surface area contributed by atoms with E-state index in [4.69, 9.17) is 0 Å². The van der Waals surface area contributed by atoms with E-state index >= 15 is 0 Å². The standard InChI is InChI=1S/C17H13BrN4O/c18-13-6-8-16-20-22(17(23)21(16)11-13)10-9-14-7-5-12-3-1-2-4-15(12)19-14/h1-8,11H,9-10H2. The summed E-state index contributed by atoms with van der Waals surface area (Å²) in [4.78, 5) is 17.0. The van der Waals surface area contributed by atoms with Gasteiger partial charge in [0.25, 0.3) is 0 Å². The molecular formula is C17H13BrN4O. The molecule has 0 unspecified atom stereocenters. The van der Waals surface area contributed by atoms with Crippen LogP contribution in [0, 0.1) is 0 Å². The van der Waals surface area contributed by atoms with Crippen LogP contribution < -0.4 is 5.69 Å². The largest absolute Gasteiger partial charge is 0.350 e. The smallest absolute Gasteiger partial charge is 0.253 e. The normalized spacial score (nSPS) is 11.3. The van der Waals surface area contributed by atoms with Gasteiger partial charge >= 0.3 is 5.69 Å². The summed E-state index contributed by atoms with van der Waals surface area (Å²) in [6.07, 6.45) is 2.39. The zero-order chi connectivity index (χ0) is 15.8. The molecule has 4 aromatic rings. The number of pyridine rings is 2. The maximum Gasteiger partial charge on any atom is 0.350 e. The number of para-hydroxylation sites is 1. The lowest BCUT2D eigenvalue weighted by molar-refractivity contribution is 0.588. The molecule has 0 saturated heterocycles. The SMILES string of the molecule is O=c1n(CCc2ccc3ccccc3n2)nc2ccc(Br)cn12. The van der Waals surface area contributed by atoms with Crippen molar-refractivity contribution in [1.82, 2.24) is 19.2 Å². The van der Waals surface area contributed by atoms with E-state index in [2.05, 4.69) is 32.1 Å². The van der Waals surface area contributed by atoms with Crippen LogP contribution >= 0.6 is 15.9 Å². The molecule has 5 nitrogen and oxygen atoms in total. The summed E-state index contributed by atoms with van der Waals surface area (Å²) in [5.74, 6) is 0. The average molecular weight is 369 g/mol. The number of hydrogen-bond acceptors (Lipinski definition) is 3. The Labute approximate surface area is 140 Å². The molecule has 0 radical (unpaired) electrons. The van der Waals surface area contributed by atoms with Crippen LogP contribution in [0.15, 0.2) is 64.0 Å². The van der Waals surface area contributed by atoms with E-state index in [0.29, 0.717) is 18.6 Å². The van der Waals surface area contributed by atoms with E-state index in [1.165, 1.54) is 9.08 Å². The van der Waals surface area contributed by atoms with E-state index in [-0.39, 0.29) is 5.69 Å². The van der Waals surface area contributed by atoms with Crippen LogP contribution in [-0.4, -0.2) is 19.2 Å². The first kappa shape index (κ1) is 14.1. The maximum atomic E-state index is 12.3. The van der Waals surface area contributed by atoms with E-state index in [0.717, 1.165) is 21.1 Å². The monoisotopic (exact) mass is 368 g/mol. The second kappa shape index (κ2) is 5.62. The molecule has 3 aromatic heterocycles. The Hall–Kier alpha value is -2.47. The highest BCUT2D eigenvalue weighted by atomic mass is 79.9. The van der Waals surface area contributed by atoms with Crippen molar-refractivity contribution >= 4 is 32.5 Å². The minimum atomic E-state index is -0.137. The third-order valence-electron chi connectivity index (χ3n) is 3.78. The molecule has 0 atom stereocenters. The zero-order valence-electron chi connectivity index (χ0n) is 12.2. The number of halogens is 1. The fourth-order valence-electron chi connectivity index (χ4n) is 2.61. The highest BCUT2D eigenvalue weighted by Gasteiger charge is 2.07. The molecule has 4 rings (SSSR count). The van der Waals surface area contributed by atoms with E-state index in [9.17, 15) is 4.79 Å². The lowest BCUT2D eigenvalue weighted by Crippen LogP contribution is -2.22. The fourth-order valence-corrected chi connectivity index (χ4v) is 2.94. The van der Waals surface area contributed by atoms with Gasteiger partial charge in [-0.3, -0.25) is 4.98 Å². The van der Waals surface area contributed by atoms with Gasteiger partial charge in [-0.05, 0) is 40.2 Å². The molecule has 23 heavy (non-hydrogen) atoms. The summed E-state index contributed by atoms with van der Waals surface area (Å²) in [5.41, 5.74) is 2.43. The number of fused-ring (bicyclic) bond motifs is 2. The van der Waals surface area contributed by atoms with Crippen molar-refractivity contribution in [2.45, 2.75) is 13.0 Å². The predicted octanol–water partition coefficient (Wildman–Crippen LogP) is 3.05. The Morgan fingerprint density at radius 1 is 1.04 bits per heavy atom. The maximum absolute atomic E-state index is 12.3. The van der Waals surface area contributed by atoms with Crippen LogP contribution in [0.25, 0.3) is 16.6 Å². The first-order valence-electron chi connectivity index (χ1n) is 7.30. The van der Waals surface area contributed by atoms with Crippen molar-refractivity contribution < 1.29 is 0 Å². The van der Waals surface area contributed by atoms with Crippen molar-refractivity contribution in [2.24, 2.45) is 0 Å². The first-order valence-corrected chi connectivity index (χ1v) is 8.09. The number of rotatable bonds is 3. The summed E-state index contributed by atoms with van der Waals surface area (Å²) >= 11 is 3.37. The number of benzene rings is 1. The summed E-state index contributed by atoms with van der Waals surface area (Å²) in [7, 11) is 0. The Balaban J connectivity index is 1.63. The second-order valence-corrected chi connectivity index (χ2v) is 6.24. The van der Waals surface area contributed by atoms with Crippen molar-refractivity contribution in [3.63, 3.8) is 0 Å². The van der Waals surface area contributed by atoms with Gasteiger partial charge in [0, 0.05) is 28.2 Å². The van der Waals surface area contributed by atoms with Crippen LogP contribution in [0.3, 0.4) is 0 Å². The van der Waals surface area contributed by atoms with Gasteiger partial charge in [0.1, 0.15) is 0 Å². The molecule has 1 aromatic carbocycles. The highest BCUT2D eigenvalue weighted by molar-refractivity contribution is 9.10. The number of nitrogens with zero attached hydrogens (tertiary/aromatic N) is 4. The van der Waals surface area contributed by atoms with E-state index in [1.807, 2.05) is 42.5 Å². The van der Waals surface area contributed by atoms with Crippen molar-refractivity contribution in [3.8, 4) is 0 Å². The molecule has 0 spiro atoms. The average Bonchev–Trinajstić information content (AvgIpc) is 2.89. The number of aryl methyl sites for hydroxylation is 2. The van der Waals surface area contributed by atoms with Gasteiger partial charge in [-0.15, -0.1) is 5.10 Å². The fraction of sp³-hybridized carbons (Fsp3) is 0.118. The van der Waals surface area contributed by atoms with Gasteiger partial charge in [0.05, 0.1) is 12.1 Å². The zero-order valence-corrected chi connectivity index (χ0v) is 13.8. The van der Waals surface area contributed by atoms with Gasteiger partial charge in [0.15, 0.2) is 5.65 Å². The van der Waals surface area contributed by atoms with Crippen molar-refractivity contribution in [3.05, 3.63) is 75.4 Å². The molecule has 0 aliphatic rings. The molecule has 0 amide bonds. The Morgan fingerprint density at radius 2 is 1.91 bits per heavy atom. The molecule has 3 heterocycles. The molecule has 0 fully saturated rings. The van der Waals surface area contributed by atoms with E-state index < -0.39 is 0 Å². The quantitative estimate of drug-likeness (QED) is 0.558. The number of hydrogen-bond donors (Lipinski definition) is 0. The predicted molar refractivity (Wildman–Crippen MR) is 92.6 cm³/mol. The van der Waals surface area contributed by atoms with Gasteiger partial charge < -0.3 is 0 Å². The molecule has 0 aliphatic heterocycles. The van der Waals surface area contributed by atoms with Crippen LogP contribution in [0.4, 0.5) is 0 Å². The minimum absolute atomic E-state index is 0.137. The minimum Gasteiger partial charge on any atom is -0.253 e. The lowest BCUT2D eigenvalue weighted by Gasteiger charge is -2.02. The van der Waals surface area contributed by atoms with Crippen molar-refractivity contribution in [1.29, 1.82) is 0 Å². The van der Waals surface area contributed by atoms with Crippen LogP contribution in [-0.2, 0) is 13.0 Å². The Morgan fingerprint density at radius 3 is 2.83 bits per heavy atom. The third kappa shape index (κ3) is 2.66. The Bertz CT molecular complexity index is 1070. The third-order valence-corrected chi connectivity index (χ3v) is 4.25. The molecule has 114 valence electrons. The van der Waals surface area contributed by atoms with Gasteiger partial charge in [-0.2, -0.15) is 0 Å². The number of aromatic nitrogens is 4. The van der Waals surface area contributed by atoms with Crippen LogP contribution in [0.1, 0.15) is 5.69 Å². The molecular weight excluding hydrogens is 356 g/mol. The molecule has 6 heteroatoms. The van der Waals surface area contributed by atoms with E-state index in [1.54, 1.807) is 6.20 Å².